The minimum absolute atomic E-state index is 0. The van der Waals surface area contributed by atoms with Crippen LogP contribution in [-0.2, 0) is 11.8 Å². The summed E-state index contributed by atoms with van der Waals surface area (Å²) in [5.41, 5.74) is 2.44. The normalized spacial score (nSPS) is 16.0. The fourth-order valence-corrected chi connectivity index (χ4v) is 2.07. The maximum Gasteiger partial charge on any atom is 0.142 e. The predicted octanol–water partition coefficient (Wildman–Crippen LogP) is 5.04. The highest BCUT2D eigenvalue weighted by atomic mass is 16.5. The van der Waals surface area contributed by atoms with Gasteiger partial charge in [0.25, 0.3) is 0 Å². The Morgan fingerprint density at radius 3 is 2.24 bits per heavy atom. The molecule has 1 aromatic heterocycles. The van der Waals surface area contributed by atoms with E-state index in [0.29, 0.717) is 6.42 Å². The minimum atomic E-state index is -0.777. The Morgan fingerprint density at radius 2 is 1.81 bits per heavy atom. The van der Waals surface area contributed by atoms with E-state index < -0.39 is 5.60 Å². The molecule has 1 aromatic rings. The average molecular weight is 295 g/mol. The third-order valence-electron chi connectivity index (χ3n) is 4.14. The molecule has 0 fully saturated rings. The van der Waals surface area contributed by atoms with Crippen molar-refractivity contribution in [3.8, 4) is 0 Å². The lowest BCUT2D eigenvalue weighted by molar-refractivity contribution is 0.0875. The second kappa shape index (κ2) is 7.26. The molecule has 0 saturated carbocycles. The molecule has 0 saturated heterocycles. The van der Waals surface area contributed by atoms with Crippen LogP contribution in [0.2, 0.25) is 0 Å². The number of aromatic nitrogens is 1. The molecule has 0 aliphatic rings. The van der Waals surface area contributed by atoms with Gasteiger partial charge in [-0.3, -0.25) is 0 Å². The Labute approximate surface area is 130 Å². The lowest BCUT2D eigenvalue weighted by Crippen LogP contribution is -2.27. The molecule has 1 unspecified atom stereocenters. The third kappa shape index (κ3) is 5.31. The van der Waals surface area contributed by atoms with Gasteiger partial charge in [0.1, 0.15) is 5.76 Å². The molecule has 122 valence electrons. The molecule has 0 aliphatic carbocycles. The SMILES string of the molecule is C.CC/C(C)=C(/C)C(C)(O)CCc1cc(C(C)(C)C)on1. The van der Waals surface area contributed by atoms with Crippen molar-refractivity contribution in [2.75, 3.05) is 0 Å². The number of rotatable bonds is 5. The molecule has 1 N–H and O–H groups in total. The molecule has 21 heavy (non-hydrogen) atoms. The maximum absolute atomic E-state index is 10.6. The van der Waals surface area contributed by atoms with Crippen molar-refractivity contribution in [1.29, 1.82) is 0 Å². The summed E-state index contributed by atoms with van der Waals surface area (Å²) in [6.45, 7) is 14.4. The summed E-state index contributed by atoms with van der Waals surface area (Å²) >= 11 is 0. The first-order chi connectivity index (χ1) is 9.08. The van der Waals surface area contributed by atoms with Crippen LogP contribution >= 0.6 is 0 Å². The van der Waals surface area contributed by atoms with Crippen molar-refractivity contribution < 1.29 is 9.63 Å². The Balaban J connectivity index is 0.00000400. The number of nitrogens with zero attached hydrogens (tertiary/aromatic N) is 1. The fraction of sp³-hybridized carbons (Fsp3) is 0.722. The van der Waals surface area contributed by atoms with Gasteiger partial charge >= 0.3 is 0 Å². The maximum atomic E-state index is 10.6. The van der Waals surface area contributed by atoms with Crippen LogP contribution in [0.1, 0.15) is 80.2 Å². The molecule has 0 aromatic carbocycles. The molecular weight excluding hydrogens is 262 g/mol. The Morgan fingerprint density at radius 1 is 1.24 bits per heavy atom. The molecule has 3 nitrogen and oxygen atoms in total. The molecule has 0 bridgehead atoms. The van der Waals surface area contributed by atoms with Gasteiger partial charge in [-0.2, -0.15) is 0 Å². The summed E-state index contributed by atoms with van der Waals surface area (Å²) in [7, 11) is 0. The van der Waals surface area contributed by atoms with Crippen LogP contribution in [0.15, 0.2) is 21.7 Å². The van der Waals surface area contributed by atoms with Crippen molar-refractivity contribution in [2.45, 2.75) is 86.2 Å². The van der Waals surface area contributed by atoms with Gasteiger partial charge < -0.3 is 9.63 Å². The Kier molecular flexibility index (Phi) is 6.88. The quantitative estimate of drug-likeness (QED) is 0.774. The monoisotopic (exact) mass is 295 g/mol. The molecule has 1 atom stereocenters. The van der Waals surface area contributed by atoms with Gasteiger partial charge in [-0.15, -0.1) is 0 Å². The van der Waals surface area contributed by atoms with Gasteiger partial charge in [0.15, 0.2) is 0 Å². The first-order valence-electron chi connectivity index (χ1n) is 7.43. The van der Waals surface area contributed by atoms with Crippen molar-refractivity contribution in [3.05, 3.63) is 28.7 Å². The zero-order valence-corrected chi connectivity index (χ0v) is 14.0. The average Bonchev–Trinajstić information content (AvgIpc) is 2.83. The van der Waals surface area contributed by atoms with Crippen LogP contribution in [-0.4, -0.2) is 15.9 Å². The number of aliphatic hydroxyl groups is 1. The first kappa shape index (κ1) is 19.9. The van der Waals surface area contributed by atoms with Crippen molar-refractivity contribution in [2.24, 2.45) is 0 Å². The molecule has 0 radical (unpaired) electrons. The summed E-state index contributed by atoms with van der Waals surface area (Å²) in [6, 6.07) is 2.00. The number of allylic oxidation sites excluding steroid dienone is 1. The topological polar surface area (TPSA) is 46.3 Å². The largest absolute Gasteiger partial charge is 0.386 e. The summed E-state index contributed by atoms with van der Waals surface area (Å²) in [5.74, 6) is 0.893. The first-order valence-corrected chi connectivity index (χ1v) is 7.43. The fourth-order valence-electron chi connectivity index (χ4n) is 2.07. The summed E-state index contributed by atoms with van der Waals surface area (Å²) in [4.78, 5) is 0. The van der Waals surface area contributed by atoms with E-state index in [2.05, 4.69) is 39.8 Å². The Hall–Kier alpha value is -1.09. The van der Waals surface area contributed by atoms with Gasteiger partial charge in [0.05, 0.1) is 11.3 Å². The standard InChI is InChI=1S/C17H29NO2.CH4/c1-8-12(2)13(3)17(7,19)10-9-14-11-15(20-18-14)16(4,5)6;/h11,19H,8-10H2,1-7H3;1H4/b13-12-;. The minimum Gasteiger partial charge on any atom is -0.386 e. The van der Waals surface area contributed by atoms with Gasteiger partial charge in [0, 0.05) is 11.5 Å². The van der Waals surface area contributed by atoms with Gasteiger partial charge in [0.2, 0.25) is 0 Å². The van der Waals surface area contributed by atoms with Crippen LogP contribution in [0.4, 0.5) is 0 Å². The molecule has 1 rings (SSSR count). The Bertz CT molecular complexity index is 476. The van der Waals surface area contributed by atoms with Crippen molar-refractivity contribution in [3.63, 3.8) is 0 Å². The van der Waals surface area contributed by atoms with E-state index in [1.165, 1.54) is 5.57 Å². The van der Waals surface area contributed by atoms with Crippen LogP contribution in [0.25, 0.3) is 0 Å². The van der Waals surface area contributed by atoms with Crippen LogP contribution in [0.3, 0.4) is 0 Å². The van der Waals surface area contributed by atoms with Crippen LogP contribution in [0.5, 0.6) is 0 Å². The van der Waals surface area contributed by atoms with Gasteiger partial charge in [-0.25, -0.2) is 0 Å². The van der Waals surface area contributed by atoms with Crippen molar-refractivity contribution >= 4 is 0 Å². The van der Waals surface area contributed by atoms with Crippen molar-refractivity contribution in [1.82, 2.24) is 5.16 Å². The number of hydrogen-bond donors (Lipinski definition) is 1. The van der Waals surface area contributed by atoms with E-state index in [4.69, 9.17) is 4.52 Å². The molecule has 0 spiro atoms. The lowest BCUT2D eigenvalue weighted by atomic mass is 9.87. The smallest absolute Gasteiger partial charge is 0.142 e. The van der Waals surface area contributed by atoms with Crippen LogP contribution in [0, 0.1) is 0 Å². The van der Waals surface area contributed by atoms with E-state index in [1.54, 1.807) is 0 Å². The third-order valence-corrected chi connectivity index (χ3v) is 4.14. The van der Waals surface area contributed by atoms with E-state index in [0.717, 1.165) is 29.9 Å². The molecule has 0 amide bonds. The van der Waals surface area contributed by atoms with E-state index >= 15 is 0 Å². The number of hydrogen-bond acceptors (Lipinski definition) is 3. The zero-order valence-electron chi connectivity index (χ0n) is 14.0. The van der Waals surface area contributed by atoms with Gasteiger partial charge in [-0.1, -0.05) is 45.9 Å². The second-order valence-corrected chi connectivity index (χ2v) is 6.97. The van der Waals surface area contributed by atoms with E-state index in [1.807, 2.05) is 19.9 Å². The molecule has 0 aliphatic heterocycles. The van der Waals surface area contributed by atoms with E-state index in [9.17, 15) is 5.11 Å². The predicted molar refractivity (Wildman–Crippen MR) is 89.5 cm³/mol. The summed E-state index contributed by atoms with van der Waals surface area (Å²) in [6.07, 6.45) is 2.35. The number of aryl methyl sites for hydroxylation is 1. The molecule has 3 heteroatoms. The summed E-state index contributed by atoms with van der Waals surface area (Å²) < 4.78 is 5.38. The van der Waals surface area contributed by atoms with Crippen LogP contribution < -0.4 is 0 Å². The highest BCUT2D eigenvalue weighted by molar-refractivity contribution is 5.20. The molecular formula is C18H33NO2. The lowest BCUT2D eigenvalue weighted by Gasteiger charge is -2.26. The highest BCUT2D eigenvalue weighted by Crippen LogP contribution is 2.27. The van der Waals surface area contributed by atoms with E-state index in [-0.39, 0.29) is 12.8 Å². The highest BCUT2D eigenvalue weighted by Gasteiger charge is 2.25. The summed E-state index contributed by atoms with van der Waals surface area (Å²) in [5, 5.41) is 14.7. The second-order valence-electron chi connectivity index (χ2n) is 6.97. The zero-order chi connectivity index (χ0) is 15.6. The van der Waals surface area contributed by atoms with Gasteiger partial charge in [-0.05, 0) is 45.6 Å². The molecule has 1 heterocycles.